The Kier molecular flexibility index (Phi) is 5.47. The van der Waals surface area contributed by atoms with E-state index < -0.39 is 0 Å². The second-order valence-electron chi connectivity index (χ2n) is 6.13. The summed E-state index contributed by atoms with van der Waals surface area (Å²) in [5.74, 6) is 0.731. The Bertz CT molecular complexity index is 680. The predicted octanol–water partition coefficient (Wildman–Crippen LogP) is 2.62. The predicted molar refractivity (Wildman–Crippen MR) is 89.7 cm³/mol. The molecule has 2 aromatic rings. The van der Waals surface area contributed by atoms with Gasteiger partial charge in [-0.2, -0.15) is 0 Å². The summed E-state index contributed by atoms with van der Waals surface area (Å²) in [4.78, 5) is 21.6. The van der Waals surface area contributed by atoms with Gasteiger partial charge in [-0.3, -0.25) is 4.79 Å². The lowest BCUT2D eigenvalue weighted by Crippen LogP contribution is -2.23. The summed E-state index contributed by atoms with van der Waals surface area (Å²) in [7, 11) is 0. The Balaban J connectivity index is 1.58. The lowest BCUT2D eigenvalue weighted by atomic mass is 10.1. The first-order chi connectivity index (χ1) is 11.6. The van der Waals surface area contributed by atoms with Gasteiger partial charge in [-0.1, -0.05) is 18.3 Å². The monoisotopic (exact) mass is 347 g/mol. The Labute approximate surface area is 145 Å². The van der Waals surface area contributed by atoms with Gasteiger partial charge in [-0.05, 0) is 36.7 Å². The number of hydrogen-bond acceptors (Lipinski definition) is 7. The molecule has 0 unspecified atom stereocenters. The fourth-order valence-electron chi connectivity index (χ4n) is 2.56. The van der Waals surface area contributed by atoms with Gasteiger partial charge in [0.2, 0.25) is 0 Å². The zero-order chi connectivity index (χ0) is 16.9. The molecule has 0 saturated carbocycles. The van der Waals surface area contributed by atoms with Crippen molar-refractivity contribution in [1.82, 2.24) is 24.9 Å². The number of amides is 1. The van der Waals surface area contributed by atoms with E-state index in [-0.39, 0.29) is 17.9 Å². The van der Waals surface area contributed by atoms with Gasteiger partial charge in [0.05, 0.1) is 5.69 Å². The molecular weight excluding hydrogens is 326 g/mol. The number of hydrogen-bond donors (Lipinski definition) is 1. The third-order valence-electron chi connectivity index (χ3n) is 3.91. The van der Waals surface area contributed by atoms with Crippen LogP contribution in [-0.2, 0) is 11.3 Å². The van der Waals surface area contributed by atoms with Gasteiger partial charge in [0.1, 0.15) is 11.0 Å². The number of rotatable bonds is 5. The molecule has 24 heavy (non-hydrogen) atoms. The molecule has 0 spiro atoms. The van der Waals surface area contributed by atoms with E-state index in [0.29, 0.717) is 11.4 Å². The van der Waals surface area contributed by atoms with Crippen molar-refractivity contribution in [3.05, 3.63) is 34.4 Å². The van der Waals surface area contributed by atoms with Crippen LogP contribution in [-0.4, -0.2) is 32.1 Å². The summed E-state index contributed by atoms with van der Waals surface area (Å²) in [6, 6.07) is 0. The first kappa shape index (κ1) is 16.9. The summed E-state index contributed by atoms with van der Waals surface area (Å²) in [6.07, 6.45) is 6.70. The standard InChI is InChI=1S/C16H21N5O2S/c1-10(2)13-14(24-21-20-13)16(22)19-9-11-7-17-15(18-8-11)12-5-3-4-6-23-12/h7-8,10,12H,3-6,9H2,1-2H3,(H,19,22)/t12-/m0/s1. The minimum absolute atomic E-state index is 0.000686. The van der Waals surface area contributed by atoms with Crippen LogP contribution >= 0.6 is 11.5 Å². The van der Waals surface area contributed by atoms with E-state index in [1.807, 2.05) is 13.8 Å². The molecule has 1 fully saturated rings. The summed E-state index contributed by atoms with van der Waals surface area (Å²) in [5, 5.41) is 6.90. The van der Waals surface area contributed by atoms with Gasteiger partial charge in [0.15, 0.2) is 5.82 Å². The number of carbonyl (C=O) groups excluding carboxylic acids is 1. The fraction of sp³-hybridized carbons (Fsp3) is 0.562. The molecule has 3 heterocycles. The SMILES string of the molecule is CC(C)c1nnsc1C(=O)NCc1cnc([C@@H]2CCCCO2)nc1. The quantitative estimate of drug-likeness (QED) is 0.894. The van der Waals surface area contributed by atoms with Crippen LogP contribution in [0.15, 0.2) is 12.4 Å². The lowest BCUT2D eigenvalue weighted by molar-refractivity contribution is 0.00940. The van der Waals surface area contributed by atoms with Crippen molar-refractivity contribution in [2.75, 3.05) is 6.61 Å². The largest absolute Gasteiger partial charge is 0.370 e. The van der Waals surface area contributed by atoms with Crippen LogP contribution in [0.25, 0.3) is 0 Å². The van der Waals surface area contributed by atoms with E-state index in [0.717, 1.165) is 54.5 Å². The van der Waals surface area contributed by atoms with Crippen LogP contribution in [0.1, 0.15) is 71.9 Å². The molecule has 1 amide bonds. The molecular formula is C16H21N5O2S. The molecule has 1 atom stereocenters. The zero-order valence-corrected chi connectivity index (χ0v) is 14.7. The topological polar surface area (TPSA) is 89.9 Å². The highest BCUT2D eigenvalue weighted by Gasteiger charge is 2.20. The summed E-state index contributed by atoms with van der Waals surface area (Å²) in [5.41, 5.74) is 1.59. The van der Waals surface area contributed by atoms with Gasteiger partial charge >= 0.3 is 0 Å². The van der Waals surface area contributed by atoms with Crippen molar-refractivity contribution in [3.8, 4) is 0 Å². The maximum atomic E-state index is 12.3. The van der Waals surface area contributed by atoms with Gasteiger partial charge in [0, 0.05) is 31.1 Å². The average molecular weight is 347 g/mol. The molecule has 0 aromatic carbocycles. The number of nitrogens with zero attached hydrogens (tertiary/aromatic N) is 4. The van der Waals surface area contributed by atoms with Gasteiger partial charge < -0.3 is 10.1 Å². The lowest BCUT2D eigenvalue weighted by Gasteiger charge is -2.21. The number of carbonyl (C=O) groups is 1. The molecule has 0 aliphatic carbocycles. The summed E-state index contributed by atoms with van der Waals surface area (Å²) >= 11 is 1.12. The number of nitrogens with one attached hydrogen (secondary N) is 1. The summed E-state index contributed by atoms with van der Waals surface area (Å²) in [6.45, 7) is 5.13. The smallest absolute Gasteiger partial charge is 0.265 e. The van der Waals surface area contributed by atoms with E-state index in [2.05, 4.69) is 24.9 Å². The second kappa shape index (κ2) is 7.76. The van der Waals surface area contributed by atoms with E-state index >= 15 is 0 Å². The molecule has 1 aliphatic heterocycles. The molecule has 1 saturated heterocycles. The van der Waals surface area contributed by atoms with Crippen molar-refractivity contribution in [2.24, 2.45) is 0 Å². The molecule has 0 bridgehead atoms. The van der Waals surface area contributed by atoms with Gasteiger partial charge in [-0.25, -0.2) is 9.97 Å². The van der Waals surface area contributed by atoms with Crippen molar-refractivity contribution in [1.29, 1.82) is 0 Å². The molecule has 0 radical (unpaired) electrons. The Morgan fingerprint density at radius 2 is 2.17 bits per heavy atom. The van der Waals surface area contributed by atoms with E-state index in [1.54, 1.807) is 12.4 Å². The van der Waals surface area contributed by atoms with Crippen molar-refractivity contribution >= 4 is 17.4 Å². The highest BCUT2D eigenvalue weighted by atomic mass is 32.1. The minimum Gasteiger partial charge on any atom is -0.370 e. The van der Waals surface area contributed by atoms with E-state index in [9.17, 15) is 4.79 Å². The molecule has 2 aromatic heterocycles. The molecule has 1 N–H and O–H groups in total. The molecule has 3 rings (SSSR count). The van der Waals surface area contributed by atoms with Crippen LogP contribution in [0.4, 0.5) is 0 Å². The van der Waals surface area contributed by atoms with Crippen LogP contribution in [0.2, 0.25) is 0 Å². The van der Waals surface area contributed by atoms with E-state index in [4.69, 9.17) is 4.74 Å². The Hall–Kier alpha value is -1.93. The maximum absolute atomic E-state index is 12.3. The van der Waals surface area contributed by atoms with Crippen LogP contribution in [0.3, 0.4) is 0 Å². The van der Waals surface area contributed by atoms with Crippen LogP contribution < -0.4 is 5.32 Å². The van der Waals surface area contributed by atoms with E-state index in [1.165, 1.54) is 0 Å². The highest BCUT2D eigenvalue weighted by Crippen LogP contribution is 2.25. The third-order valence-corrected chi connectivity index (χ3v) is 4.65. The van der Waals surface area contributed by atoms with Gasteiger partial charge in [-0.15, -0.1) is 5.10 Å². The second-order valence-corrected chi connectivity index (χ2v) is 6.88. The zero-order valence-electron chi connectivity index (χ0n) is 13.9. The Morgan fingerprint density at radius 3 is 2.83 bits per heavy atom. The van der Waals surface area contributed by atoms with Crippen LogP contribution in [0, 0.1) is 0 Å². The first-order valence-electron chi connectivity index (χ1n) is 8.18. The van der Waals surface area contributed by atoms with Crippen molar-refractivity contribution < 1.29 is 9.53 Å². The average Bonchev–Trinajstić information content (AvgIpc) is 3.11. The highest BCUT2D eigenvalue weighted by molar-refractivity contribution is 7.08. The third kappa shape index (κ3) is 3.93. The van der Waals surface area contributed by atoms with Gasteiger partial charge in [0.25, 0.3) is 5.91 Å². The minimum atomic E-state index is -0.159. The fourth-order valence-corrected chi connectivity index (χ4v) is 3.30. The molecule has 128 valence electrons. The number of aromatic nitrogens is 4. The van der Waals surface area contributed by atoms with Crippen molar-refractivity contribution in [2.45, 2.75) is 51.7 Å². The molecule has 1 aliphatic rings. The number of ether oxygens (including phenoxy) is 1. The van der Waals surface area contributed by atoms with Crippen molar-refractivity contribution in [3.63, 3.8) is 0 Å². The molecule has 8 heteroatoms. The Morgan fingerprint density at radius 1 is 1.38 bits per heavy atom. The normalized spacial score (nSPS) is 17.9. The first-order valence-corrected chi connectivity index (χ1v) is 8.95. The van der Waals surface area contributed by atoms with Crippen LogP contribution in [0.5, 0.6) is 0 Å². The molecule has 7 nitrogen and oxygen atoms in total. The maximum Gasteiger partial charge on any atom is 0.265 e. The summed E-state index contributed by atoms with van der Waals surface area (Å²) < 4.78 is 9.55.